The first kappa shape index (κ1) is 13.2. The van der Waals surface area contributed by atoms with Gasteiger partial charge in [0, 0.05) is 29.5 Å². The molecule has 0 unspecified atom stereocenters. The summed E-state index contributed by atoms with van der Waals surface area (Å²) in [6, 6.07) is 18.6. The molecule has 0 spiro atoms. The average molecular weight is 277 g/mol. The van der Waals surface area contributed by atoms with Crippen molar-refractivity contribution in [2.75, 3.05) is 0 Å². The van der Waals surface area contributed by atoms with Gasteiger partial charge in [0.15, 0.2) is 0 Å². The maximum atomic E-state index is 10.2. The second-order valence-electron chi connectivity index (χ2n) is 4.81. The summed E-state index contributed by atoms with van der Waals surface area (Å²) in [7, 11) is 0. The molecule has 3 nitrogen and oxygen atoms in total. The third-order valence-corrected chi connectivity index (χ3v) is 3.37. The molecule has 104 valence electrons. The quantitative estimate of drug-likeness (QED) is 0.557. The fourth-order valence-corrected chi connectivity index (χ4v) is 2.29. The van der Waals surface area contributed by atoms with E-state index in [2.05, 4.69) is 4.99 Å². The van der Waals surface area contributed by atoms with E-state index in [0.717, 1.165) is 5.56 Å². The molecule has 3 heteroatoms. The molecular formula is C18H15NO2. The molecule has 0 saturated carbocycles. The fraction of sp³-hybridized carbons (Fsp3) is 0.0556. The summed E-state index contributed by atoms with van der Waals surface area (Å²) in [5, 5.41) is 21.5. The standard InChI is InChI=1S/C18H15NO2/c20-17-12-16(18(21)15-9-5-4-8-14(15)17)19-11-10-13-6-2-1-3-7-13/h1-9,11-12,20-21H,10H2. The van der Waals surface area contributed by atoms with Crippen molar-refractivity contribution in [3.63, 3.8) is 0 Å². The molecule has 3 aromatic carbocycles. The number of aliphatic imine (C=N–C) groups is 1. The molecule has 0 aliphatic heterocycles. The Morgan fingerprint density at radius 3 is 2.29 bits per heavy atom. The summed E-state index contributed by atoms with van der Waals surface area (Å²) in [5.41, 5.74) is 1.52. The largest absolute Gasteiger partial charge is 0.507 e. The van der Waals surface area contributed by atoms with Crippen LogP contribution in [0, 0.1) is 0 Å². The Morgan fingerprint density at radius 2 is 1.52 bits per heavy atom. The van der Waals surface area contributed by atoms with Crippen LogP contribution in [0.5, 0.6) is 11.5 Å². The van der Waals surface area contributed by atoms with Crippen LogP contribution in [0.3, 0.4) is 0 Å². The van der Waals surface area contributed by atoms with Crippen LogP contribution in [0.1, 0.15) is 5.56 Å². The SMILES string of the molecule is Oc1cc(N=CCc2ccccc2)c(O)c2ccccc12. The first-order valence-corrected chi connectivity index (χ1v) is 6.76. The van der Waals surface area contributed by atoms with Crippen LogP contribution in [0.2, 0.25) is 0 Å². The van der Waals surface area contributed by atoms with Crippen molar-refractivity contribution >= 4 is 22.7 Å². The van der Waals surface area contributed by atoms with Crippen molar-refractivity contribution in [2.45, 2.75) is 6.42 Å². The molecule has 0 saturated heterocycles. The molecule has 3 aromatic rings. The first-order chi connectivity index (χ1) is 10.3. The van der Waals surface area contributed by atoms with Crippen molar-refractivity contribution < 1.29 is 10.2 Å². The molecule has 0 aromatic heterocycles. The Labute approximate surface area is 122 Å². The van der Waals surface area contributed by atoms with E-state index in [1.807, 2.05) is 42.5 Å². The second-order valence-corrected chi connectivity index (χ2v) is 4.81. The van der Waals surface area contributed by atoms with Gasteiger partial charge in [-0.25, -0.2) is 0 Å². The lowest BCUT2D eigenvalue weighted by Crippen LogP contribution is -1.84. The summed E-state index contributed by atoms with van der Waals surface area (Å²) in [6.45, 7) is 0. The van der Waals surface area contributed by atoms with Crippen LogP contribution in [-0.2, 0) is 6.42 Å². The maximum Gasteiger partial charge on any atom is 0.149 e. The zero-order valence-corrected chi connectivity index (χ0v) is 11.4. The second kappa shape index (κ2) is 5.67. The third kappa shape index (κ3) is 2.72. The lowest BCUT2D eigenvalue weighted by atomic mass is 10.1. The molecule has 0 bridgehead atoms. The fourth-order valence-electron chi connectivity index (χ4n) is 2.29. The molecule has 0 atom stereocenters. The molecule has 3 rings (SSSR count). The molecule has 0 amide bonds. The first-order valence-electron chi connectivity index (χ1n) is 6.76. The summed E-state index contributed by atoms with van der Waals surface area (Å²) >= 11 is 0. The van der Waals surface area contributed by atoms with E-state index < -0.39 is 0 Å². The van der Waals surface area contributed by atoms with Gasteiger partial charge in [-0.2, -0.15) is 0 Å². The van der Waals surface area contributed by atoms with Gasteiger partial charge in [0.05, 0.1) is 0 Å². The number of rotatable bonds is 3. The highest BCUT2D eigenvalue weighted by Crippen LogP contribution is 2.39. The predicted octanol–water partition coefficient (Wildman–Crippen LogP) is 4.20. The minimum Gasteiger partial charge on any atom is -0.507 e. The number of phenolic OH excluding ortho intramolecular Hbond substituents is 2. The summed E-state index contributed by atoms with van der Waals surface area (Å²) < 4.78 is 0. The zero-order chi connectivity index (χ0) is 14.7. The van der Waals surface area contributed by atoms with E-state index in [4.69, 9.17) is 0 Å². The number of fused-ring (bicyclic) bond motifs is 1. The molecule has 2 N–H and O–H groups in total. The van der Waals surface area contributed by atoms with Gasteiger partial charge in [-0.15, -0.1) is 0 Å². The number of hydrogen-bond acceptors (Lipinski definition) is 3. The van der Waals surface area contributed by atoms with Crippen LogP contribution < -0.4 is 0 Å². The molecule has 0 aliphatic carbocycles. The molecule has 0 aliphatic rings. The van der Waals surface area contributed by atoms with Gasteiger partial charge in [-0.05, 0) is 5.56 Å². The predicted molar refractivity (Wildman–Crippen MR) is 85.6 cm³/mol. The topological polar surface area (TPSA) is 52.8 Å². The van der Waals surface area contributed by atoms with Crippen molar-refractivity contribution in [3.05, 3.63) is 66.2 Å². The van der Waals surface area contributed by atoms with Gasteiger partial charge in [0.2, 0.25) is 0 Å². The highest BCUT2D eigenvalue weighted by Gasteiger charge is 2.09. The summed E-state index contributed by atoms with van der Waals surface area (Å²) in [5.74, 6) is 0.211. The van der Waals surface area contributed by atoms with Crippen LogP contribution in [-0.4, -0.2) is 16.4 Å². The third-order valence-electron chi connectivity index (χ3n) is 3.37. The summed E-state index contributed by atoms with van der Waals surface area (Å²) in [6.07, 6.45) is 2.41. The van der Waals surface area contributed by atoms with Crippen molar-refractivity contribution in [2.24, 2.45) is 4.99 Å². The van der Waals surface area contributed by atoms with Gasteiger partial charge in [-0.3, -0.25) is 4.99 Å². The van der Waals surface area contributed by atoms with Gasteiger partial charge >= 0.3 is 0 Å². The molecule has 0 fully saturated rings. The van der Waals surface area contributed by atoms with E-state index in [1.54, 1.807) is 18.3 Å². The van der Waals surface area contributed by atoms with E-state index in [9.17, 15) is 10.2 Å². The number of benzene rings is 3. The lowest BCUT2D eigenvalue weighted by Gasteiger charge is -2.06. The number of nitrogens with zero attached hydrogens (tertiary/aromatic N) is 1. The maximum absolute atomic E-state index is 10.2. The minimum atomic E-state index is 0.0905. The van der Waals surface area contributed by atoms with E-state index in [0.29, 0.717) is 22.9 Å². The van der Waals surface area contributed by atoms with Crippen LogP contribution in [0.25, 0.3) is 10.8 Å². The van der Waals surface area contributed by atoms with Crippen LogP contribution in [0.15, 0.2) is 65.7 Å². The smallest absolute Gasteiger partial charge is 0.149 e. The van der Waals surface area contributed by atoms with E-state index >= 15 is 0 Å². The van der Waals surface area contributed by atoms with Crippen molar-refractivity contribution in [1.29, 1.82) is 0 Å². The van der Waals surface area contributed by atoms with Gasteiger partial charge in [0.1, 0.15) is 17.2 Å². The normalized spacial score (nSPS) is 11.2. The highest BCUT2D eigenvalue weighted by molar-refractivity contribution is 5.97. The number of phenols is 2. The van der Waals surface area contributed by atoms with Gasteiger partial charge in [-0.1, -0.05) is 54.6 Å². The highest BCUT2D eigenvalue weighted by atomic mass is 16.3. The minimum absolute atomic E-state index is 0.0905. The van der Waals surface area contributed by atoms with Gasteiger partial charge in [0.25, 0.3) is 0 Å². The molecule has 21 heavy (non-hydrogen) atoms. The van der Waals surface area contributed by atoms with Gasteiger partial charge < -0.3 is 10.2 Å². The number of aromatic hydroxyl groups is 2. The molecule has 0 radical (unpaired) electrons. The Balaban J connectivity index is 1.92. The Bertz CT molecular complexity index is 795. The Morgan fingerprint density at radius 1 is 0.857 bits per heavy atom. The zero-order valence-electron chi connectivity index (χ0n) is 11.4. The lowest BCUT2D eigenvalue weighted by molar-refractivity contribution is 0.471. The number of hydrogen-bond donors (Lipinski definition) is 2. The molecule has 0 heterocycles. The monoisotopic (exact) mass is 277 g/mol. The van der Waals surface area contributed by atoms with Crippen LogP contribution >= 0.6 is 0 Å². The van der Waals surface area contributed by atoms with E-state index in [-0.39, 0.29) is 11.5 Å². The average Bonchev–Trinajstić information content (AvgIpc) is 2.53. The van der Waals surface area contributed by atoms with E-state index in [1.165, 1.54) is 6.07 Å². The Kier molecular flexibility index (Phi) is 3.56. The summed E-state index contributed by atoms with van der Waals surface area (Å²) in [4.78, 5) is 4.28. The van der Waals surface area contributed by atoms with Crippen LogP contribution in [0.4, 0.5) is 5.69 Å². The van der Waals surface area contributed by atoms with Crippen molar-refractivity contribution in [1.82, 2.24) is 0 Å². The molecular weight excluding hydrogens is 262 g/mol. The Hall–Kier alpha value is -2.81. The van der Waals surface area contributed by atoms with Crippen molar-refractivity contribution in [3.8, 4) is 11.5 Å².